The van der Waals surface area contributed by atoms with Crippen LogP contribution in [0.4, 0.5) is 0 Å². The Morgan fingerprint density at radius 3 is 2.30 bits per heavy atom. The van der Waals surface area contributed by atoms with Gasteiger partial charge in [-0.05, 0) is 70.7 Å². The van der Waals surface area contributed by atoms with E-state index in [-0.39, 0.29) is 6.10 Å². The highest BCUT2D eigenvalue weighted by atomic mass is 16.5. The van der Waals surface area contributed by atoms with Crippen LogP contribution in [0.1, 0.15) is 54.5 Å². The summed E-state index contributed by atoms with van der Waals surface area (Å²) in [6.45, 7) is 6.12. The van der Waals surface area contributed by atoms with Crippen molar-refractivity contribution in [2.45, 2.75) is 58.5 Å². The summed E-state index contributed by atoms with van der Waals surface area (Å²) in [5.74, 6) is 3.30. The Labute approximate surface area is 160 Å². The average molecular weight is 362 g/mol. The molecule has 1 aromatic carbocycles. The Morgan fingerprint density at radius 1 is 0.889 bits per heavy atom. The Hall–Kier alpha value is -2.69. The van der Waals surface area contributed by atoms with Gasteiger partial charge in [-0.1, -0.05) is 17.7 Å². The molecule has 0 unspecified atom stereocenters. The van der Waals surface area contributed by atoms with Crippen LogP contribution in [0.2, 0.25) is 0 Å². The van der Waals surface area contributed by atoms with Crippen molar-refractivity contribution in [3.8, 4) is 11.4 Å². The van der Waals surface area contributed by atoms with Gasteiger partial charge in [-0.3, -0.25) is 9.55 Å². The Kier molecular flexibility index (Phi) is 4.92. The maximum absolute atomic E-state index is 6.12. The highest BCUT2D eigenvalue weighted by Gasteiger charge is 2.28. The molecular formula is C22H26N4O. The van der Waals surface area contributed by atoms with E-state index in [0.29, 0.717) is 5.92 Å². The Morgan fingerprint density at radius 2 is 1.63 bits per heavy atom. The zero-order valence-electron chi connectivity index (χ0n) is 16.2. The third-order valence-corrected chi connectivity index (χ3v) is 5.37. The predicted molar refractivity (Wildman–Crippen MR) is 105 cm³/mol. The van der Waals surface area contributed by atoms with Crippen LogP contribution < -0.4 is 4.74 Å². The van der Waals surface area contributed by atoms with E-state index in [1.165, 1.54) is 5.56 Å². The van der Waals surface area contributed by atoms with Gasteiger partial charge in [-0.15, -0.1) is 10.2 Å². The summed E-state index contributed by atoms with van der Waals surface area (Å²) in [6, 6.07) is 12.6. The lowest BCUT2D eigenvalue weighted by molar-refractivity contribution is 0.144. The van der Waals surface area contributed by atoms with E-state index in [1.807, 2.05) is 32.2 Å². The standard InChI is InChI=1S/C22H26N4O/c1-15-4-9-19(10-5-15)26-17(3)24-25-22(26)18-7-12-20(13-8-18)27-21-11-6-16(2)23-14-21/h4-6,9-11,14,18,20H,7-8,12-13H2,1-3H3/t18-,20-. The van der Waals surface area contributed by atoms with Crippen molar-refractivity contribution < 1.29 is 4.74 Å². The van der Waals surface area contributed by atoms with Crippen molar-refractivity contribution in [2.24, 2.45) is 0 Å². The minimum atomic E-state index is 0.252. The summed E-state index contributed by atoms with van der Waals surface area (Å²) < 4.78 is 8.33. The van der Waals surface area contributed by atoms with Crippen LogP contribution in [0, 0.1) is 20.8 Å². The van der Waals surface area contributed by atoms with E-state index >= 15 is 0 Å². The molecule has 1 aliphatic carbocycles. The van der Waals surface area contributed by atoms with Gasteiger partial charge in [0.25, 0.3) is 0 Å². The van der Waals surface area contributed by atoms with Crippen molar-refractivity contribution in [2.75, 3.05) is 0 Å². The average Bonchev–Trinajstić information content (AvgIpc) is 3.06. The van der Waals surface area contributed by atoms with Crippen LogP contribution in [0.25, 0.3) is 5.69 Å². The lowest BCUT2D eigenvalue weighted by Gasteiger charge is -2.28. The molecule has 0 atom stereocenters. The second kappa shape index (κ2) is 7.51. The quantitative estimate of drug-likeness (QED) is 0.675. The SMILES string of the molecule is Cc1ccc(-n2c(C)nnc2[C@H]2CC[C@H](Oc3ccc(C)nc3)CC2)cc1. The zero-order chi connectivity index (χ0) is 18.8. The molecule has 1 aliphatic rings. The minimum Gasteiger partial charge on any atom is -0.489 e. The molecular weight excluding hydrogens is 336 g/mol. The highest BCUT2D eigenvalue weighted by molar-refractivity contribution is 5.37. The van der Waals surface area contributed by atoms with Gasteiger partial charge < -0.3 is 4.74 Å². The van der Waals surface area contributed by atoms with Crippen molar-refractivity contribution in [3.63, 3.8) is 0 Å². The summed E-state index contributed by atoms with van der Waals surface area (Å²) in [5, 5.41) is 8.88. The number of nitrogens with zero attached hydrogens (tertiary/aromatic N) is 4. The van der Waals surface area contributed by atoms with Crippen molar-refractivity contribution >= 4 is 0 Å². The molecule has 2 aromatic heterocycles. The van der Waals surface area contributed by atoms with E-state index in [0.717, 1.165) is 54.5 Å². The van der Waals surface area contributed by atoms with Gasteiger partial charge in [-0.2, -0.15) is 0 Å². The molecule has 5 heteroatoms. The van der Waals surface area contributed by atoms with Crippen LogP contribution in [-0.4, -0.2) is 25.9 Å². The van der Waals surface area contributed by atoms with Gasteiger partial charge in [0.1, 0.15) is 17.4 Å². The van der Waals surface area contributed by atoms with E-state index < -0.39 is 0 Å². The molecule has 2 heterocycles. The first-order chi connectivity index (χ1) is 13.1. The van der Waals surface area contributed by atoms with Gasteiger partial charge in [0.2, 0.25) is 0 Å². The fourth-order valence-corrected chi connectivity index (χ4v) is 3.81. The summed E-state index contributed by atoms with van der Waals surface area (Å²) in [7, 11) is 0. The largest absolute Gasteiger partial charge is 0.489 e. The topological polar surface area (TPSA) is 52.8 Å². The van der Waals surface area contributed by atoms with Crippen molar-refractivity contribution in [3.05, 3.63) is 65.5 Å². The van der Waals surface area contributed by atoms with Crippen molar-refractivity contribution in [1.82, 2.24) is 19.7 Å². The summed E-state index contributed by atoms with van der Waals surface area (Å²) in [4.78, 5) is 4.31. The number of aryl methyl sites for hydroxylation is 3. The first-order valence-corrected chi connectivity index (χ1v) is 9.68. The monoisotopic (exact) mass is 362 g/mol. The van der Waals surface area contributed by atoms with E-state index in [4.69, 9.17) is 4.74 Å². The number of pyridine rings is 1. The van der Waals surface area contributed by atoms with Crippen LogP contribution in [0.3, 0.4) is 0 Å². The second-order valence-corrected chi connectivity index (χ2v) is 7.50. The molecule has 0 saturated heterocycles. The molecule has 140 valence electrons. The number of hydrogen-bond donors (Lipinski definition) is 0. The molecule has 0 amide bonds. The van der Waals surface area contributed by atoms with E-state index in [9.17, 15) is 0 Å². The number of rotatable bonds is 4. The summed E-state index contributed by atoms with van der Waals surface area (Å²) in [6.07, 6.45) is 6.25. The van der Waals surface area contributed by atoms with Crippen LogP contribution in [0.15, 0.2) is 42.6 Å². The molecule has 5 nitrogen and oxygen atoms in total. The fourth-order valence-electron chi connectivity index (χ4n) is 3.81. The molecule has 3 aromatic rings. The third-order valence-electron chi connectivity index (χ3n) is 5.37. The molecule has 0 spiro atoms. The summed E-state index contributed by atoms with van der Waals surface area (Å²) >= 11 is 0. The van der Waals surface area contributed by atoms with Crippen LogP contribution >= 0.6 is 0 Å². The first kappa shape index (κ1) is 17.7. The van der Waals surface area contributed by atoms with Crippen molar-refractivity contribution in [1.29, 1.82) is 0 Å². The van der Waals surface area contributed by atoms with E-state index in [2.05, 4.69) is 50.9 Å². The van der Waals surface area contributed by atoms with Gasteiger partial charge in [0, 0.05) is 17.3 Å². The van der Waals surface area contributed by atoms with Gasteiger partial charge in [0.05, 0.1) is 12.3 Å². The lowest BCUT2D eigenvalue weighted by atomic mass is 9.86. The van der Waals surface area contributed by atoms with Crippen LogP contribution in [-0.2, 0) is 0 Å². The first-order valence-electron chi connectivity index (χ1n) is 9.68. The molecule has 0 N–H and O–H groups in total. The molecule has 1 fully saturated rings. The predicted octanol–water partition coefficient (Wildman–Crippen LogP) is 4.69. The minimum absolute atomic E-state index is 0.252. The normalized spacial score (nSPS) is 19.8. The number of benzene rings is 1. The highest BCUT2D eigenvalue weighted by Crippen LogP contribution is 2.35. The van der Waals surface area contributed by atoms with Crippen LogP contribution in [0.5, 0.6) is 5.75 Å². The number of hydrogen-bond acceptors (Lipinski definition) is 4. The lowest BCUT2D eigenvalue weighted by Crippen LogP contribution is -2.24. The molecule has 4 rings (SSSR count). The molecule has 0 bridgehead atoms. The third kappa shape index (κ3) is 3.87. The smallest absolute Gasteiger partial charge is 0.140 e. The summed E-state index contributed by atoms with van der Waals surface area (Å²) in [5.41, 5.74) is 3.41. The fraction of sp³-hybridized carbons (Fsp3) is 0.409. The van der Waals surface area contributed by atoms with Gasteiger partial charge in [-0.25, -0.2) is 0 Å². The molecule has 27 heavy (non-hydrogen) atoms. The number of ether oxygens (including phenoxy) is 1. The van der Waals surface area contributed by atoms with Gasteiger partial charge in [0.15, 0.2) is 0 Å². The van der Waals surface area contributed by atoms with E-state index in [1.54, 1.807) is 0 Å². The second-order valence-electron chi connectivity index (χ2n) is 7.50. The maximum Gasteiger partial charge on any atom is 0.140 e. The Balaban J connectivity index is 1.45. The molecule has 1 saturated carbocycles. The molecule has 0 aliphatic heterocycles. The Bertz CT molecular complexity index is 891. The van der Waals surface area contributed by atoms with Gasteiger partial charge >= 0.3 is 0 Å². The number of aromatic nitrogens is 4. The zero-order valence-corrected chi connectivity index (χ0v) is 16.2. The maximum atomic E-state index is 6.12. The molecule has 0 radical (unpaired) electrons.